The SMILES string of the molecule is CCCC(CCO)CN=C(NCC)NC1CCCN(c2ccccc2OC)C1.I. The summed E-state index contributed by atoms with van der Waals surface area (Å²) >= 11 is 0. The largest absolute Gasteiger partial charge is 0.495 e. The molecule has 0 aromatic heterocycles. The van der Waals surface area contributed by atoms with Crippen molar-refractivity contribution in [2.75, 3.05) is 44.8 Å². The van der Waals surface area contributed by atoms with Crippen molar-refractivity contribution in [3.63, 3.8) is 0 Å². The Labute approximate surface area is 193 Å². The van der Waals surface area contributed by atoms with Crippen LogP contribution in [0.1, 0.15) is 46.0 Å². The second-order valence-corrected chi connectivity index (χ2v) is 7.49. The number of ether oxygens (including phenoxy) is 1. The number of methoxy groups -OCH3 is 1. The molecule has 7 heteroatoms. The van der Waals surface area contributed by atoms with Gasteiger partial charge in [-0.3, -0.25) is 4.99 Å². The van der Waals surface area contributed by atoms with Crippen LogP contribution in [-0.4, -0.2) is 57.0 Å². The number of piperidine rings is 1. The van der Waals surface area contributed by atoms with Crippen LogP contribution in [0.5, 0.6) is 5.75 Å². The fraction of sp³-hybridized carbons (Fsp3) is 0.682. The molecule has 1 aromatic carbocycles. The molecule has 2 unspecified atom stereocenters. The predicted octanol–water partition coefficient (Wildman–Crippen LogP) is 3.64. The third-order valence-corrected chi connectivity index (χ3v) is 5.27. The number of nitrogens with one attached hydrogen (secondary N) is 2. The lowest BCUT2D eigenvalue weighted by atomic mass is 10.0. The Bertz CT molecular complexity index is 594. The van der Waals surface area contributed by atoms with Gasteiger partial charge in [0, 0.05) is 38.8 Å². The first kappa shape index (κ1) is 25.8. The van der Waals surface area contributed by atoms with Gasteiger partial charge in [-0.1, -0.05) is 25.5 Å². The zero-order valence-corrected chi connectivity index (χ0v) is 20.5. The summed E-state index contributed by atoms with van der Waals surface area (Å²) in [4.78, 5) is 7.21. The highest BCUT2D eigenvalue weighted by atomic mass is 127. The fourth-order valence-corrected chi connectivity index (χ4v) is 3.86. The second kappa shape index (κ2) is 14.7. The van der Waals surface area contributed by atoms with Crippen LogP contribution in [0.4, 0.5) is 5.69 Å². The highest BCUT2D eigenvalue weighted by molar-refractivity contribution is 14.0. The van der Waals surface area contributed by atoms with E-state index in [1.165, 1.54) is 0 Å². The van der Waals surface area contributed by atoms with E-state index in [1.54, 1.807) is 7.11 Å². The van der Waals surface area contributed by atoms with Crippen LogP contribution in [0.25, 0.3) is 0 Å². The van der Waals surface area contributed by atoms with Gasteiger partial charge in [-0.15, -0.1) is 24.0 Å². The van der Waals surface area contributed by atoms with Crippen LogP contribution in [0.2, 0.25) is 0 Å². The number of aliphatic hydroxyl groups is 1. The minimum Gasteiger partial charge on any atom is -0.495 e. The molecule has 1 aliphatic heterocycles. The van der Waals surface area contributed by atoms with Crippen LogP contribution < -0.4 is 20.3 Å². The lowest BCUT2D eigenvalue weighted by Crippen LogP contribution is -2.51. The Balaban J connectivity index is 0.00000420. The summed E-state index contributed by atoms with van der Waals surface area (Å²) in [5, 5.41) is 16.3. The topological polar surface area (TPSA) is 69.1 Å². The minimum atomic E-state index is 0. The van der Waals surface area contributed by atoms with Crippen LogP contribution in [0, 0.1) is 5.92 Å². The summed E-state index contributed by atoms with van der Waals surface area (Å²) in [6, 6.07) is 8.57. The normalized spacial score (nSPS) is 18.0. The Morgan fingerprint density at radius 2 is 2.10 bits per heavy atom. The fourth-order valence-electron chi connectivity index (χ4n) is 3.86. The van der Waals surface area contributed by atoms with E-state index in [1.807, 2.05) is 12.1 Å². The smallest absolute Gasteiger partial charge is 0.191 e. The highest BCUT2D eigenvalue weighted by Gasteiger charge is 2.23. The van der Waals surface area contributed by atoms with E-state index in [9.17, 15) is 5.11 Å². The number of hydrogen-bond acceptors (Lipinski definition) is 4. The molecule has 1 aromatic rings. The average Bonchev–Trinajstić information content (AvgIpc) is 2.72. The monoisotopic (exact) mass is 518 g/mol. The summed E-state index contributed by atoms with van der Waals surface area (Å²) in [6.45, 7) is 8.09. The first-order valence-corrected chi connectivity index (χ1v) is 10.7. The third kappa shape index (κ3) is 8.58. The molecule has 3 N–H and O–H groups in total. The Hall–Kier alpha value is -1.22. The Morgan fingerprint density at radius 1 is 1.31 bits per heavy atom. The molecule has 0 amide bonds. The van der Waals surface area contributed by atoms with E-state index in [4.69, 9.17) is 9.73 Å². The van der Waals surface area contributed by atoms with Crippen LogP contribution in [0.3, 0.4) is 0 Å². The summed E-state index contributed by atoms with van der Waals surface area (Å²) in [6.07, 6.45) is 5.32. The molecule has 2 atom stereocenters. The van der Waals surface area contributed by atoms with Gasteiger partial charge in [0.25, 0.3) is 0 Å². The standard InChI is InChI=1S/C22H38N4O2.HI/c1-4-9-18(13-15-27)16-24-22(23-5-2)25-19-10-8-14-26(17-19)20-11-6-7-12-21(20)28-3;/h6-7,11-12,18-19,27H,4-5,8-10,13-17H2,1-3H3,(H2,23,24,25);1H. The lowest BCUT2D eigenvalue weighted by Gasteiger charge is -2.36. The molecule has 0 spiro atoms. The van der Waals surface area contributed by atoms with Gasteiger partial charge in [-0.25, -0.2) is 0 Å². The average molecular weight is 518 g/mol. The van der Waals surface area contributed by atoms with Crippen molar-refractivity contribution in [1.29, 1.82) is 0 Å². The van der Waals surface area contributed by atoms with E-state index >= 15 is 0 Å². The lowest BCUT2D eigenvalue weighted by molar-refractivity contribution is 0.253. The third-order valence-electron chi connectivity index (χ3n) is 5.27. The van der Waals surface area contributed by atoms with Gasteiger partial charge in [0.05, 0.1) is 12.8 Å². The van der Waals surface area contributed by atoms with Crippen molar-refractivity contribution < 1.29 is 9.84 Å². The van der Waals surface area contributed by atoms with Gasteiger partial charge in [0.1, 0.15) is 5.75 Å². The van der Waals surface area contributed by atoms with Crippen molar-refractivity contribution in [2.45, 2.75) is 52.0 Å². The molecule has 1 heterocycles. The quantitative estimate of drug-likeness (QED) is 0.251. The highest BCUT2D eigenvalue weighted by Crippen LogP contribution is 2.29. The molecule has 6 nitrogen and oxygen atoms in total. The molecule has 166 valence electrons. The molecule has 0 radical (unpaired) electrons. The number of para-hydroxylation sites is 2. The van der Waals surface area contributed by atoms with Crippen LogP contribution in [-0.2, 0) is 0 Å². The van der Waals surface area contributed by atoms with E-state index < -0.39 is 0 Å². The van der Waals surface area contributed by atoms with Gasteiger partial charge in [-0.05, 0) is 50.7 Å². The maximum atomic E-state index is 9.28. The minimum absolute atomic E-state index is 0. The van der Waals surface area contributed by atoms with E-state index in [0.717, 1.165) is 75.7 Å². The van der Waals surface area contributed by atoms with Gasteiger partial charge in [-0.2, -0.15) is 0 Å². The number of aliphatic hydroxyl groups excluding tert-OH is 1. The maximum Gasteiger partial charge on any atom is 0.191 e. The molecule has 1 saturated heterocycles. The predicted molar refractivity (Wildman–Crippen MR) is 133 cm³/mol. The molecule has 1 aliphatic rings. The number of nitrogens with zero attached hydrogens (tertiary/aromatic N) is 2. The van der Waals surface area contributed by atoms with Crippen molar-refractivity contribution >= 4 is 35.6 Å². The number of rotatable bonds is 10. The molecule has 0 aliphatic carbocycles. The molecular formula is C22H39IN4O2. The summed E-state index contributed by atoms with van der Waals surface area (Å²) < 4.78 is 5.55. The van der Waals surface area contributed by atoms with Gasteiger partial charge < -0.3 is 25.4 Å². The number of benzene rings is 1. The Morgan fingerprint density at radius 3 is 2.79 bits per heavy atom. The summed E-state index contributed by atoms with van der Waals surface area (Å²) in [7, 11) is 1.73. The molecule has 0 bridgehead atoms. The second-order valence-electron chi connectivity index (χ2n) is 7.49. The number of guanidine groups is 1. The van der Waals surface area contributed by atoms with Crippen molar-refractivity contribution in [3.05, 3.63) is 24.3 Å². The van der Waals surface area contributed by atoms with Crippen molar-refractivity contribution in [3.8, 4) is 5.75 Å². The number of halogens is 1. The van der Waals surface area contributed by atoms with E-state index in [2.05, 4.69) is 41.5 Å². The molecule has 1 fully saturated rings. The number of anilines is 1. The van der Waals surface area contributed by atoms with Gasteiger partial charge in [0.2, 0.25) is 0 Å². The first-order valence-electron chi connectivity index (χ1n) is 10.7. The van der Waals surface area contributed by atoms with E-state index in [-0.39, 0.29) is 30.6 Å². The maximum absolute atomic E-state index is 9.28. The molecule has 0 saturated carbocycles. The molecular weight excluding hydrogens is 479 g/mol. The molecule has 29 heavy (non-hydrogen) atoms. The van der Waals surface area contributed by atoms with Gasteiger partial charge >= 0.3 is 0 Å². The zero-order valence-electron chi connectivity index (χ0n) is 18.2. The number of hydrogen-bond donors (Lipinski definition) is 3. The van der Waals surface area contributed by atoms with Gasteiger partial charge in [0.15, 0.2) is 5.96 Å². The van der Waals surface area contributed by atoms with E-state index in [0.29, 0.717) is 12.0 Å². The number of aliphatic imine (C=N–C) groups is 1. The zero-order chi connectivity index (χ0) is 20.2. The summed E-state index contributed by atoms with van der Waals surface area (Å²) in [5.41, 5.74) is 1.16. The van der Waals surface area contributed by atoms with Crippen molar-refractivity contribution in [1.82, 2.24) is 10.6 Å². The first-order chi connectivity index (χ1) is 13.7. The molecule has 2 rings (SSSR count). The van der Waals surface area contributed by atoms with Crippen LogP contribution >= 0.6 is 24.0 Å². The Kier molecular flexibility index (Phi) is 13.1. The van der Waals surface area contributed by atoms with Crippen molar-refractivity contribution in [2.24, 2.45) is 10.9 Å². The summed E-state index contributed by atoms with van der Waals surface area (Å²) in [5.74, 6) is 2.26. The van der Waals surface area contributed by atoms with Crippen LogP contribution in [0.15, 0.2) is 29.3 Å².